The lowest BCUT2D eigenvalue weighted by molar-refractivity contribution is -0.138. The Bertz CT molecular complexity index is 1280. The van der Waals surface area contributed by atoms with Crippen molar-refractivity contribution in [3.05, 3.63) is 63.7 Å². The third-order valence-electron chi connectivity index (χ3n) is 5.76. The average Bonchev–Trinajstić information content (AvgIpc) is 3.03. The minimum absolute atomic E-state index is 0.0895. The molecule has 0 aliphatic carbocycles. The number of allylic oxidation sites excluding steroid dienone is 2. The van der Waals surface area contributed by atoms with Gasteiger partial charge in [0, 0.05) is 11.3 Å². The van der Waals surface area contributed by atoms with Gasteiger partial charge in [-0.15, -0.1) is 0 Å². The van der Waals surface area contributed by atoms with Crippen molar-refractivity contribution in [2.24, 2.45) is 0 Å². The highest BCUT2D eigenvalue weighted by Crippen LogP contribution is 2.52. The molecule has 0 radical (unpaired) electrons. The van der Waals surface area contributed by atoms with Crippen molar-refractivity contribution < 1.29 is 32.2 Å². The molecule has 1 unspecified atom stereocenters. The van der Waals surface area contributed by atoms with E-state index in [1.165, 1.54) is 21.3 Å². The summed E-state index contributed by atoms with van der Waals surface area (Å²) in [4.78, 5) is 13.4. The van der Waals surface area contributed by atoms with Crippen molar-refractivity contribution in [1.29, 1.82) is 0 Å². The molecule has 2 aliphatic heterocycles. The highest BCUT2D eigenvalue weighted by molar-refractivity contribution is 7.96. The van der Waals surface area contributed by atoms with Gasteiger partial charge >= 0.3 is 5.97 Å². The van der Waals surface area contributed by atoms with Gasteiger partial charge in [0.25, 0.3) is 0 Å². The standard InChI is InChI=1S/C24H25NO7S/c1-6-32-24(26)19-13(2)25-21-15-9-7-8-10-18(15)33(27,28)23(21)20(19)14-11-16(29-3)22(31-5)17(12-14)30-4/h7-12,20,25H,6H2,1-5H3. The predicted molar refractivity (Wildman–Crippen MR) is 122 cm³/mol. The van der Waals surface area contributed by atoms with Gasteiger partial charge in [0.05, 0.1) is 54.9 Å². The molecule has 1 atom stereocenters. The first kappa shape index (κ1) is 22.7. The Kier molecular flexibility index (Phi) is 5.84. The van der Waals surface area contributed by atoms with Crippen LogP contribution in [0.5, 0.6) is 17.2 Å². The molecule has 2 aromatic rings. The molecule has 4 rings (SSSR count). The second-order valence-electron chi connectivity index (χ2n) is 7.51. The Balaban J connectivity index is 2.04. The topological polar surface area (TPSA) is 100 Å². The number of methoxy groups -OCH3 is 3. The number of fused-ring (bicyclic) bond motifs is 2. The number of sulfone groups is 1. The van der Waals surface area contributed by atoms with Crippen LogP contribution in [-0.2, 0) is 19.4 Å². The number of rotatable bonds is 6. The van der Waals surface area contributed by atoms with Crippen LogP contribution in [-0.4, -0.2) is 42.3 Å². The SMILES string of the molecule is CCOC(=O)C1=C(C)NC2=C(C1c1cc(OC)c(OC)c(OC)c1)S(=O)(=O)c1ccccc12. The van der Waals surface area contributed by atoms with E-state index in [-0.39, 0.29) is 22.0 Å². The minimum atomic E-state index is -3.90. The van der Waals surface area contributed by atoms with E-state index in [1.807, 2.05) is 0 Å². The first-order chi connectivity index (χ1) is 15.8. The van der Waals surface area contributed by atoms with Crippen LogP contribution in [0.3, 0.4) is 0 Å². The minimum Gasteiger partial charge on any atom is -0.493 e. The van der Waals surface area contributed by atoms with Crippen molar-refractivity contribution in [2.75, 3.05) is 27.9 Å². The van der Waals surface area contributed by atoms with Crippen molar-refractivity contribution in [2.45, 2.75) is 24.7 Å². The lowest BCUT2D eigenvalue weighted by Gasteiger charge is -2.29. The Labute approximate surface area is 192 Å². The highest BCUT2D eigenvalue weighted by Gasteiger charge is 2.47. The Morgan fingerprint density at radius 2 is 1.67 bits per heavy atom. The molecule has 8 nitrogen and oxygen atoms in total. The molecule has 0 bridgehead atoms. The van der Waals surface area contributed by atoms with E-state index >= 15 is 0 Å². The van der Waals surface area contributed by atoms with E-state index in [2.05, 4.69) is 5.32 Å². The van der Waals surface area contributed by atoms with E-state index in [4.69, 9.17) is 18.9 Å². The Morgan fingerprint density at radius 1 is 1.03 bits per heavy atom. The van der Waals surface area contributed by atoms with Crippen LogP contribution in [0.1, 0.15) is 30.9 Å². The lowest BCUT2D eigenvalue weighted by atomic mass is 9.85. The molecule has 0 spiro atoms. The van der Waals surface area contributed by atoms with Crippen molar-refractivity contribution in [1.82, 2.24) is 5.32 Å². The number of carbonyl (C=O) groups is 1. The van der Waals surface area contributed by atoms with E-state index in [9.17, 15) is 13.2 Å². The van der Waals surface area contributed by atoms with Crippen molar-refractivity contribution >= 4 is 21.5 Å². The number of ether oxygens (including phenoxy) is 4. The van der Waals surface area contributed by atoms with Gasteiger partial charge in [-0.3, -0.25) is 0 Å². The van der Waals surface area contributed by atoms with Gasteiger partial charge in [-0.05, 0) is 37.6 Å². The summed E-state index contributed by atoms with van der Waals surface area (Å²) in [5, 5.41) is 3.15. The monoisotopic (exact) mass is 471 g/mol. The van der Waals surface area contributed by atoms with Gasteiger partial charge in [-0.1, -0.05) is 18.2 Å². The summed E-state index contributed by atoms with van der Waals surface area (Å²) in [6.45, 7) is 3.58. The molecule has 0 saturated carbocycles. The zero-order valence-corrected chi connectivity index (χ0v) is 19.8. The second-order valence-corrected chi connectivity index (χ2v) is 9.40. The second kappa shape index (κ2) is 8.47. The van der Waals surface area contributed by atoms with Crippen molar-refractivity contribution in [3.63, 3.8) is 0 Å². The summed E-state index contributed by atoms with van der Waals surface area (Å²) in [5.41, 5.74) is 2.23. The van der Waals surface area contributed by atoms with Gasteiger partial charge in [-0.2, -0.15) is 0 Å². The Hall–Kier alpha value is -3.46. The lowest BCUT2D eigenvalue weighted by Crippen LogP contribution is -2.29. The maximum absolute atomic E-state index is 13.7. The van der Waals surface area contributed by atoms with Crippen molar-refractivity contribution in [3.8, 4) is 17.2 Å². The van der Waals surface area contributed by atoms with E-state index in [1.54, 1.807) is 50.2 Å². The molecule has 1 N–H and O–H groups in total. The number of nitrogens with one attached hydrogen (secondary N) is 1. The van der Waals surface area contributed by atoms with Crippen LogP contribution >= 0.6 is 0 Å². The van der Waals surface area contributed by atoms with E-state index in [0.29, 0.717) is 39.8 Å². The maximum Gasteiger partial charge on any atom is 0.336 e. The van der Waals surface area contributed by atoms with Crippen LogP contribution in [0.4, 0.5) is 0 Å². The van der Waals surface area contributed by atoms with Gasteiger partial charge in [0.15, 0.2) is 11.5 Å². The van der Waals surface area contributed by atoms with E-state index in [0.717, 1.165) is 0 Å². The first-order valence-electron chi connectivity index (χ1n) is 10.3. The first-order valence-corrected chi connectivity index (χ1v) is 11.8. The fourth-order valence-electron chi connectivity index (χ4n) is 4.39. The largest absolute Gasteiger partial charge is 0.493 e. The smallest absolute Gasteiger partial charge is 0.336 e. The molecule has 0 fully saturated rings. The molecular formula is C24H25NO7S. The molecule has 2 heterocycles. The number of benzene rings is 2. The highest BCUT2D eigenvalue weighted by atomic mass is 32.2. The maximum atomic E-state index is 13.7. The quantitative estimate of drug-likeness (QED) is 0.640. The summed E-state index contributed by atoms with van der Waals surface area (Å²) in [6, 6.07) is 10.1. The van der Waals surface area contributed by atoms with Gasteiger partial charge in [0.2, 0.25) is 15.6 Å². The van der Waals surface area contributed by atoms with Crippen LogP contribution in [0.25, 0.3) is 5.70 Å². The third kappa shape index (κ3) is 3.43. The van der Waals surface area contributed by atoms with Gasteiger partial charge in [0.1, 0.15) is 0 Å². The normalized spacial score (nSPS) is 18.3. The predicted octanol–water partition coefficient (Wildman–Crippen LogP) is 3.39. The number of carbonyl (C=O) groups excluding carboxylic acids is 1. The fraction of sp³-hybridized carbons (Fsp3) is 0.292. The zero-order valence-electron chi connectivity index (χ0n) is 19.0. The number of esters is 1. The van der Waals surface area contributed by atoms with Gasteiger partial charge < -0.3 is 24.3 Å². The average molecular weight is 472 g/mol. The molecule has 0 amide bonds. The zero-order chi connectivity index (χ0) is 23.9. The summed E-state index contributed by atoms with van der Waals surface area (Å²) in [6.07, 6.45) is 0. The molecule has 0 saturated heterocycles. The third-order valence-corrected chi connectivity index (χ3v) is 7.72. The molecular weight excluding hydrogens is 446 g/mol. The number of hydrogen-bond donors (Lipinski definition) is 1. The molecule has 2 aliphatic rings. The van der Waals surface area contributed by atoms with Crippen LogP contribution < -0.4 is 19.5 Å². The Morgan fingerprint density at radius 3 is 2.24 bits per heavy atom. The summed E-state index contributed by atoms with van der Waals surface area (Å²) in [5.74, 6) is -0.476. The summed E-state index contributed by atoms with van der Waals surface area (Å²) in [7, 11) is 0.534. The summed E-state index contributed by atoms with van der Waals surface area (Å²) < 4.78 is 49.1. The molecule has 174 valence electrons. The molecule has 9 heteroatoms. The van der Waals surface area contributed by atoms with Crippen LogP contribution in [0, 0.1) is 0 Å². The fourth-order valence-corrected chi connectivity index (χ4v) is 6.34. The molecule has 2 aromatic carbocycles. The molecule has 0 aromatic heterocycles. The van der Waals surface area contributed by atoms with Crippen LogP contribution in [0.2, 0.25) is 0 Å². The number of hydrogen-bond acceptors (Lipinski definition) is 8. The molecule has 33 heavy (non-hydrogen) atoms. The summed E-state index contributed by atoms with van der Waals surface area (Å²) >= 11 is 0. The van der Waals surface area contributed by atoms with Gasteiger partial charge in [-0.25, -0.2) is 13.2 Å². The number of dihydropyridines is 1. The van der Waals surface area contributed by atoms with E-state index < -0.39 is 21.7 Å². The van der Waals surface area contributed by atoms with Crippen LogP contribution in [0.15, 0.2) is 57.5 Å².